The minimum absolute atomic E-state index is 0.0539. The van der Waals surface area contributed by atoms with Gasteiger partial charge < -0.3 is 0 Å². The zero-order chi connectivity index (χ0) is 13.2. The van der Waals surface area contributed by atoms with Gasteiger partial charge in [-0.15, -0.1) is 11.6 Å². The van der Waals surface area contributed by atoms with Gasteiger partial charge in [-0.2, -0.15) is 5.10 Å². The molecule has 0 bridgehead atoms. The molecule has 1 heterocycles. The third-order valence-electron chi connectivity index (χ3n) is 3.20. The molecule has 0 aromatic carbocycles. The number of aromatic nitrogens is 2. The normalized spacial score (nSPS) is 12.5. The summed E-state index contributed by atoms with van der Waals surface area (Å²) in [6.45, 7) is 9.83. The molecule has 0 amide bonds. The number of hydrogen-bond acceptors (Lipinski definition) is 2. The standard InChI is InChI=1S/C12H21Cl2N3/c1-6-17-10(11(14)9(2)15-17)7-16(5)12(3,4)8-13/h6-8H2,1-5H3. The highest BCUT2D eigenvalue weighted by Crippen LogP contribution is 2.24. The lowest BCUT2D eigenvalue weighted by molar-refractivity contribution is 0.166. The fraction of sp³-hybridized carbons (Fsp3) is 0.750. The van der Waals surface area contributed by atoms with Crippen LogP contribution in [0.25, 0.3) is 0 Å². The Balaban J connectivity index is 2.95. The maximum atomic E-state index is 6.29. The van der Waals surface area contributed by atoms with Gasteiger partial charge in [-0.25, -0.2) is 0 Å². The second kappa shape index (κ2) is 5.59. The van der Waals surface area contributed by atoms with Crippen molar-refractivity contribution in [1.82, 2.24) is 14.7 Å². The molecule has 0 spiro atoms. The van der Waals surface area contributed by atoms with Gasteiger partial charge in [0.25, 0.3) is 0 Å². The fourth-order valence-electron chi connectivity index (χ4n) is 1.56. The summed E-state index contributed by atoms with van der Waals surface area (Å²) in [6, 6.07) is 0. The summed E-state index contributed by atoms with van der Waals surface area (Å²) in [7, 11) is 2.06. The van der Waals surface area contributed by atoms with Crippen LogP contribution in [0.3, 0.4) is 0 Å². The topological polar surface area (TPSA) is 21.1 Å². The smallest absolute Gasteiger partial charge is 0.0860 e. The first kappa shape index (κ1) is 14.8. The van der Waals surface area contributed by atoms with Crippen molar-refractivity contribution in [2.45, 2.75) is 46.3 Å². The van der Waals surface area contributed by atoms with E-state index in [0.717, 1.165) is 29.5 Å². The third-order valence-corrected chi connectivity index (χ3v) is 4.35. The number of aryl methyl sites for hydroxylation is 2. The first-order valence-corrected chi connectivity index (χ1v) is 6.73. The van der Waals surface area contributed by atoms with E-state index in [1.54, 1.807) is 0 Å². The van der Waals surface area contributed by atoms with E-state index in [2.05, 4.69) is 37.8 Å². The molecule has 0 saturated carbocycles. The molecule has 0 unspecified atom stereocenters. The Bertz CT molecular complexity index is 385. The molecule has 0 aliphatic heterocycles. The van der Waals surface area contributed by atoms with Gasteiger partial charge in [0.05, 0.1) is 16.4 Å². The molecule has 3 nitrogen and oxygen atoms in total. The highest BCUT2D eigenvalue weighted by Gasteiger charge is 2.24. The number of rotatable bonds is 5. The Morgan fingerprint density at radius 3 is 2.47 bits per heavy atom. The zero-order valence-corrected chi connectivity index (χ0v) is 12.7. The van der Waals surface area contributed by atoms with Gasteiger partial charge >= 0.3 is 0 Å². The highest BCUT2D eigenvalue weighted by atomic mass is 35.5. The quantitative estimate of drug-likeness (QED) is 0.770. The summed E-state index contributed by atoms with van der Waals surface area (Å²) in [5, 5.41) is 5.18. The summed E-state index contributed by atoms with van der Waals surface area (Å²) in [5.74, 6) is 0.584. The highest BCUT2D eigenvalue weighted by molar-refractivity contribution is 6.31. The first-order chi connectivity index (χ1) is 7.83. The van der Waals surface area contributed by atoms with Crippen LogP contribution in [0, 0.1) is 6.92 Å². The van der Waals surface area contributed by atoms with Crippen molar-refractivity contribution >= 4 is 23.2 Å². The molecule has 17 heavy (non-hydrogen) atoms. The number of nitrogens with zero attached hydrogens (tertiary/aromatic N) is 3. The number of hydrogen-bond donors (Lipinski definition) is 0. The van der Waals surface area contributed by atoms with Crippen LogP contribution < -0.4 is 0 Å². The second-order valence-electron chi connectivity index (χ2n) is 4.96. The molecule has 0 saturated heterocycles. The molecule has 0 fully saturated rings. The van der Waals surface area contributed by atoms with Gasteiger partial charge in [0.15, 0.2) is 0 Å². The Morgan fingerprint density at radius 2 is 2.00 bits per heavy atom. The molecule has 0 radical (unpaired) electrons. The molecule has 0 aliphatic carbocycles. The van der Waals surface area contributed by atoms with Crippen LogP contribution in [0.2, 0.25) is 5.02 Å². The lowest BCUT2D eigenvalue weighted by Crippen LogP contribution is -2.42. The van der Waals surface area contributed by atoms with Crippen molar-refractivity contribution in [2.75, 3.05) is 12.9 Å². The van der Waals surface area contributed by atoms with Crippen LogP contribution >= 0.6 is 23.2 Å². The summed E-state index contributed by atoms with van der Waals surface area (Å²) in [6.07, 6.45) is 0. The van der Waals surface area contributed by atoms with E-state index >= 15 is 0 Å². The monoisotopic (exact) mass is 277 g/mol. The molecule has 0 N–H and O–H groups in total. The lowest BCUT2D eigenvalue weighted by Gasteiger charge is -2.33. The molecule has 0 atom stereocenters. The van der Waals surface area contributed by atoms with E-state index in [1.165, 1.54) is 0 Å². The Hall–Kier alpha value is -0.250. The van der Waals surface area contributed by atoms with Crippen molar-refractivity contribution in [2.24, 2.45) is 0 Å². The second-order valence-corrected chi connectivity index (χ2v) is 5.61. The average Bonchev–Trinajstić information content (AvgIpc) is 2.56. The van der Waals surface area contributed by atoms with Crippen molar-refractivity contribution in [1.29, 1.82) is 0 Å². The van der Waals surface area contributed by atoms with Crippen LogP contribution in [0.4, 0.5) is 0 Å². The lowest BCUT2D eigenvalue weighted by atomic mass is 10.1. The van der Waals surface area contributed by atoms with Gasteiger partial charge in [0.2, 0.25) is 0 Å². The predicted molar refractivity (Wildman–Crippen MR) is 73.9 cm³/mol. The Morgan fingerprint density at radius 1 is 1.41 bits per heavy atom. The molecule has 1 rings (SSSR count). The van der Waals surface area contributed by atoms with E-state index in [0.29, 0.717) is 5.88 Å². The Kier molecular flexibility index (Phi) is 4.87. The first-order valence-electron chi connectivity index (χ1n) is 5.82. The third kappa shape index (κ3) is 3.15. The fourth-order valence-corrected chi connectivity index (χ4v) is 1.96. The van der Waals surface area contributed by atoms with Crippen molar-refractivity contribution in [3.8, 4) is 0 Å². The van der Waals surface area contributed by atoms with Crippen LogP contribution in [0.5, 0.6) is 0 Å². The summed E-state index contributed by atoms with van der Waals surface area (Å²) in [4.78, 5) is 2.20. The number of alkyl halides is 1. The maximum Gasteiger partial charge on any atom is 0.0860 e. The zero-order valence-electron chi connectivity index (χ0n) is 11.2. The summed E-state index contributed by atoms with van der Waals surface area (Å²) in [5.41, 5.74) is 1.90. The predicted octanol–water partition coefficient (Wildman–Crippen LogP) is 3.31. The molecule has 5 heteroatoms. The van der Waals surface area contributed by atoms with Crippen molar-refractivity contribution in [3.63, 3.8) is 0 Å². The van der Waals surface area contributed by atoms with Crippen LogP contribution in [-0.2, 0) is 13.1 Å². The van der Waals surface area contributed by atoms with E-state index < -0.39 is 0 Å². The van der Waals surface area contributed by atoms with Crippen LogP contribution in [0.1, 0.15) is 32.2 Å². The Labute approximate surface area is 114 Å². The summed E-state index contributed by atoms with van der Waals surface area (Å²) >= 11 is 12.3. The van der Waals surface area contributed by atoms with E-state index in [4.69, 9.17) is 23.2 Å². The minimum Gasteiger partial charge on any atom is -0.294 e. The van der Waals surface area contributed by atoms with Gasteiger partial charge in [-0.3, -0.25) is 9.58 Å². The van der Waals surface area contributed by atoms with Crippen molar-refractivity contribution < 1.29 is 0 Å². The van der Waals surface area contributed by atoms with E-state index in [1.807, 2.05) is 11.6 Å². The molecular formula is C12H21Cl2N3. The molecule has 1 aromatic heterocycles. The van der Waals surface area contributed by atoms with Crippen LogP contribution in [-0.4, -0.2) is 33.1 Å². The molecule has 98 valence electrons. The number of halogens is 2. The SMILES string of the molecule is CCn1nc(C)c(Cl)c1CN(C)C(C)(C)CCl. The van der Waals surface area contributed by atoms with Crippen LogP contribution in [0.15, 0.2) is 0 Å². The van der Waals surface area contributed by atoms with E-state index in [-0.39, 0.29) is 5.54 Å². The maximum absolute atomic E-state index is 6.29. The van der Waals surface area contributed by atoms with Gasteiger partial charge in [0, 0.05) is 24.5 Å². The van der Waals surface area contributed by atoms with E-state index in [9.17, 15) is 0 Å². The van der Waals surface area contributed by atoms with Gasteiger partial charge in [0.1, 0.15) is 0 Å². The van der Waals surface area contributed by atoms with Gasteiger partial charge in [-0.1, -0.05) is 11.6 Å². The average molecular weight is 278 g/mol. The molecular weight excluding hydrogens is 257 g/mol. The summed E-state index contributed by atoms with van der Waals surface area (Å²) < 4.78 is 1.96. The molecule has 0 aliphatic rings. The minimum atomic E-state index is -0.0539. The molecule has 1 aromatic rings. The van der Waals surface area contributed by atoms with Crippen molar-refractivity contribution in [3.05, 3.63) is 16.4 Å². The largest absolute Gasteiger partial charge is 0.294 e. The van der Waals surface area contributed by atoms with Gasteiger partial charge in [-0.05, 0) is 34.7 Å².